The van der Waals surface area contributed by atoms with E-state index in [0.29, 0.717) is 11.8 Å². The fraction of sp³-hybridized carbons (Fsp3) is 1.00. The lowest BCUT2D eigenvalue weighted by Crippen LogP contribution is -2.41. The van der Waals surface area contributed by atoms with Crippen LogP contribution in [-0.2, 0) is 4.89 Å². The molecule has 0 bridgehead atoms. The van der Waals surface area contributed by atoms with Crippen LogP contribution in [0.15, 0.2) is 0 Å². The highest BCUT2D eigenvalue weighted by molar-refractivity contribution is 4.88. The van der Waals surface area contributed by atoms with Crippen molar-refractivity contribution in [2.24, 2.45) is 11.8 Å². The van der Waals surface area contributed by atoms with Crippen LogP contribution in [0.5, 0.6) is 0 Å². The van der Waals surface area contributed by atoms with Gasteiger partial charge in [0.15, 0.2) is 0 Å². The standard InChI is InChI=1S/C10H20O2/c1-8(2)10(12-11)6-4-5-9(3)7-10/h8-9,11H,4-7H2,1-3H3. The van der Waals surface area contributed by atoms with Crippen molar-refractivity contribution in [3.05, 3.63) is 0 Å². The predicted octanol–water partition coefficient (Wildman–Crippen LogP) is 3.08. The van der Waals surface area contributed by atoms with Crippen LogP contribution in [0.2, 0.25) is 0 Å². The topological polar surface area (TPSA) is 29.5 Å². The van der Waals surface area contributed by atoms with Gasteiger partial charge in [-0.15, -0.1) is 0 Å². The summed E-state index contributed by atoms with van der Waals surface area (Å²) < 4.78 is 0. The molecular formula is C10H20O2. The average Bonchev–Trinajstić information content (AvgIpc) is 2.04. The van der Waals surface area contributed by atoms with Gasteiger partial charge in [-0.05, 0) is 24.7 Å². The van der Waals surface area contributed by atoms with Gasteiger partial charge in [-0.1, -0.05) is 33.6 Å². The van der Waals surface area contributed by atoms with Crippen molar-refractivity contribution in [3.63, 3.8) is 0 Å². The summed E-state index contributed by atoms with van der Waals surface area (Å²) in [6.07, 6.45) is 4.46. The summed E-state index contributed by atoms with van der Waals surface area (Å²) in [4.78, 5) is 4.71. The Morgan fingerprint density at radius 3 is 2.50 bits per heavy atom. The van der Waals surface area contributed by atoms with Gasteiger partial charge in [0, 0.05) is 0 Å². The van der Waals surface area contributed by atoms with Crippen LogP contribution < -0.4 is 0 Å². The molecule has 0 aromatic carbocycles. The Kier molecular flexibility index (Phi) is 3.13. The van der Waals surface area contributed by atoms with E-state index in [2.05, 4.69) is 20.8 Å². The van der Waals surface area contributed by atoms with E-state index in [1.54, 1.807) is 0 Å². The van der Waals surface area contributed by atoms with Gasteiger partial charge < -0.3 is 0 Å². The molecule has 0 saturated heterocycles. The zero-order valence-corrected chi connectivity index (χ0v) is 8.34. The lowest BCUT2D eigenvalue weighted by atomic mass is 9.73. The van der Waals surface area contributed by atoms with E-state index < -0.39 is 0 Å². The van der Waals surface area contributed by atoms with Crippen molar-refractivity contribution in [2.75, 3.05) is 0 Å². The van der Waals surface area contributed by atoms with Crippen molar-refractivity contribution in [2.45, 2.75) is 52.1 Å². The molecule has 0 aromatic heterocycles. The molecule has 0 heterocycles. The summed E-state index contributed by atoms with van der Waals surface area (Å²) in [6, 6.07) is 0. The maximum atomic E-state index is 8.93. The van der Waals surface area contributed by atoms with Crippen molar-refractivity contribution >= 4 is 0 Å². The van der Waals surface area contributed by atoms with Crippen molar-refractivity contribution < 1.29 is 10.1 Å². The smallest absolute Gasteiger partial charge is 0.106 e. The summed E-state index contributed by atoms with van der Waals surface area (Å²) in [5.74, 6) is 1.10. The van der Waals surface area contributed by atoms with Crippen LogP contribution in [0.4, 0.5) is 0 Å². The molecule has 0 amide bonds. The Hall–Kier alpha value is -0.0800. The first-order chi connectivity index (χ1) is 5.60. The molecule has 1 aliphatic carbocycles. The largest absolute Gasteiger partial charge is 0.251 e. The summed E-state index contributed by atoms with van der Waals surface area (Å²) in [5.41, 5.74) is -0.252. The van der Waals surface area contributed by atoms with Gasteiger partial charge in [-0.2, -0.15) is 0 Å². The second-order valence-corrected chi connectivity index (χ2v) is 4.51. The fourth-order valence-corrected chi connectivity index (χ4v) is 2.26. The molecule has 1 rings (SSSR count). The second-order valence-electron chi connectivity index (χ2n) is 4.51. The summed E-state index contributed by atoms with van der Waals surface area (Å²) in [6.45, 7) is 6.47. The molecular weight excluding hydrogens is 152 g/mol. The van der Waals surface area contributed by atoms with E-state index in [1.807, 2.05) is 0 Å². The highest BCUT2D eigenvalue weighted by atomic mass is 17.1. The van der Waals surface area contributed by atoms with E-state index in [-0.39, 0.29) is 5.60 Å². The SMILES string of the molecule is CC1CCCC(OO)(C(C)C)C1. The molecule has 1 aliphatic rings. The molecule has 0 aromatic rings. The first kappa shape index (κ1) is 10.0. The molecule has 12 heavy (non-hydrogen) atoms. The van der Waals surface area contributed by atoms with Gasteiger partial charge in [0.2, 0.25) is 0 Å². The highest BCUT2D eigenvalue weighted by Crippen LogP contribution is 2.39. The Balaban J connectivity index is 2.64. The van der Waals surface area contributed by atoms with Crippen molar-refractivity contribution in [1.82, 2.24) is 0 Å². The molecule has 1 saturated carbocycles. The van der Waals surface area contributed by atoms with Crippen molar-refractivity contribution in [3.8, 4) is 0 Å². The number of rotatable bonds is 2. The van der Waals surface area contributed by atoms with Gasteiger partial charge >= 0.3 is 0 Å². The zero-order chi connectivity index (χ0) is 9.19. The Morgan fingerprint density at radius 2 is 2.17 bits per heavy atom. The van der Waals surface area contributed by atoms with Crippen LogP contribution in [0, 0.1) is 11.8 Å². The molecule has 2 heteroatoms. The Bertz CT molecular complexity index is 145. The lowest BCUT2D eigenvalue weighted by Gasteiger charge is -2.40. The molecule has 0 radical (unpaired) electrons. The first-order valence-electron chi connectivity index (χ1n) is 4.93. The number of hydrogen-bond acceptors (Lipinski definition) is 2. The van der Waals surface area contributed by atoms with Crippen LogP contribution in [0.3, 0.4) is 0 Å². The third kappa shape index (κ3) is 1.80. The first-order valence-corrected chi connectivity index (χ1v) is 4.93. The molecule has 0 spiro atoms. The van der Waals surface area contributed by atoms with Gasteiger partial charge in [-0.3, -0.25) is 5.26 Å². The lowest BCUT2D eigenvalue weighted by molar-refractivity contribution is -0.345. The quantitative estimate of drug-likeness (QED) is 0.512. The van der Waals surface area contributed by atoms with Gasteiger partial charge in [-0.25, -0.2) is 4.89 Å². The fourth-order valence-electron chi connectivity index (χ4n) is 2.26. The molecule has 1 N–H and O–H groups in total. The minimum atomic E-state index is -0.252. The van der Waals surface area contributed by atoms with Crippen LogP contribution in [0.1, 0.15) is 46.5 Å². The van der Waals surface area contributed by atoms with Gasteiger partial charge in [0.05, 0.1) is 0 Å². The maximum Gasteiger partial charge on any atom is 0.106 e. The van der Waals surface area contributed by atoms with E-state index >= 15 is 0 Å². The van der Waals surface area contributed by atoms with Gasteiger partial charge in [0.1, 0.15) is 5.60 Å². The molecule has 2 nitrogen and oxygen atoms in total. The third-order valence-corrected chi connectivity index (χ3v) is 3.22. The predicted molar refractivity (Wildman–Crippen MR) is 48.9 cm³/mol. The van der Waals surface area contributed by atoms with E-state index in [1.165, 1.54) is 12.8 Å². The van der Waals surface area contributed by atoms with E-state index in [4.69, 9.17) is 10.1 Å². The molecule has 72 valence electrons. The molecule has 2 unspecified atom stereocenters. The molecule has 2 atom stereocenters. The Morgan fingerprint density at radius 1 is 1.50 bits per heavy atom. The minimum absolute atomic E-state index is 0.252. The zero-order valence-electron chi connectivity index (χ0n) is 8.34. The highest BCUT2D eigenvalue weighted by Gasteiger charge is 2.39. The van der Waals surface area contributed by atoms with E-state index in [9.17, 15) is 0 Å². The summed E-state index contributed by atoms with van der Waals surface area (Å²) in [5, 5.41) is 8.93. The van der Waals surface area contributed by atoms with Crippen molar-refractivity contribution in [1.29, 1.82) is 0 Å². The van der Waals surface area contributed by atoms with E-state index in [0.717, 1.165) is 12.8 Å². The number of hydrogen-bond donors (Lipinski definition) is 1. The summed E-state index contributed by atoms with van der Waals surface area (Å²) >= 11 is 0. The average molecular weight is 172 g/mol. The van der Waals surface area contributed by atoms with Crippen LogP contribution >= 0.6 is 0 Å². The molecule has 0 aliphatic heterocycles. The maximum absolute atomic E-state index is 8.93. The Labute approximate surface area is 74.9 Å². The van der Waals surface area contributed by atoms with Gasteiger partial charge in [0.25, 0.3) is 0 Å². The minimum Gasteiger partial charge on any atom is -0.251 e. The second kappa shape index (κ2) is 3.75. The normalized spacial score (nSPS) is 37.2. The summed E-state index contributed by atoms with van der Waals surface area (Å²) in [7, 11) is 0. The van der Waals surface area contributed by atoms with Crippen LogP contribution in [-0.4, -0.2) is 10.9 Å². The third-order valence-electron chi connectivity index (χ3n) is 3.22. The van der Waals surface area contributed by atoms with Crippen LogP contribution in [0.25, 0.3) is 0 Å². The monoisotopic (exact) mass is 172 g/mol. The molecule has 1 fully saturated rings.